The van der Waals surface area contributed by atoms with Gasteiger partial charge < -0.3 is 16.2 Å². The molecule has 2 aliphatic heterocycles. The summed E-state index contributed by atoms with van der Waals surface area (Å²) in [6.07, 6.45) is 0.183. The minimum atomic E-state index is -1.19. The van der Waals surface area contributed by atoms with Crippen molar-refractivity contribution in [3.8, 4) is 0 Å². The fourth-order valence-electron chi connectivity index (χ4n) is 3.26. The van der Waals surface area contributed by atoms with E-state index in [-0.39, 0.29) is 24.4 Å². The van der Waals surface area contributed by atoms with E-state index < -0.39 is 29.2 Å². The largest absolute Gasteiger partial charge is 0.477 e. The van der Waals surface area contributed by atoms with Crippen LogP contribution < -0.4 is 11.1 Å². The van der Waals surface area contributed by atoms with Gasteiger partial charge in [-0.3, -0.25) is 19.3 Å². The maximum atomic E-state index is 12.7. The van der Waals surface area contributed by atoms with Gasteiger partial charge in [0.05, 0.1) is 12.8 Å². The zero-order chi connectivity index (χ0) is 22.8. The Kier molecular flexibility index (Phi) is 6.83. The van der Waals surface area contributed by atoms with Crippen molar-refractivity contribution in [3.05, 3.63) is 38.7 Å². The van der Waals surface area contributed by atoms with Gasteiger partial charge in [-0.25, -0.2) is 4.79 Å². The normalized spacial score (nSPS) is 20.0. The molecule has 32 heavy (non-hydrogen) atoms. The number of carboxylic acids is 1. The smallest absolute Gasteiger partial charge is 0.352 e. The van der Waals surface area contributed by atoms with Crippen LogP contribution in [0.5, 0.6) is 0 Å². The Bertz CT molecular complexity index is 1100. The summed E-state index contributed by atoms with van der Waals surface area (Å²) in [6.45, 7) is 0. The number of amides is 3. The first-order valence-electron chi connectivity index (χ1n) is 9.28. The van der Waals surface area contributed by atoms with Gasteiger partial charge in [0, 0.05) is 16.4 Å². The third-order valence-corrected chi connectivity index (χ3v) is 8.98. The van der Waals surface area contributed by atoms with Crippen molar-refractivity contribution >= 4 is 69.9 Å². The van der Waals surface area contributed by atoms with Crippen LogP contribution in [0.25, 0.3) is 0 Å². The zero-order valence-corrected chi connectivity index (χ0v) is 19.6. The number of nitrogens with two attached hydrogens (primary N) is 1. The van der Waals surface area contributed by atoms with Crippen molar-refractivity contribution < 1.29 is 24.3 Å². The highest BCUT2D eigenvalue weighted by molar-refractivity contribution is 8.01. The second-order valence-corrected chi connectivity index (χ2v) is 11.3. The second kappa shape index (κ2) is 9.60. The predicted octanol–water partition coefficient (Wildman–Crippen LogP) is 0.701. The van der Waals surface area contributed by atoms with Crippen LogP contribution in [0.15, 0.2) is 33.1 Å². The van der Waals surface area contributed by atoms with Crippen molar-refractivity contribution in [2.45, 2.75) is 28.6 Å². The number of hydrogen-bond acceptors (Lipinski definition) is 10. The predicted molar refractivity (Wildman–Crippen MR) is 121 cm³/mol. The molecule has 0 spiro atoms. The first kappa shape index (κ1) is 22.8. The van der Waals surface area contributed by atoms with Gasteiger partial charge in [0.15, 0.2) is 4.34 Å². The summed E-state index contributed by atoms with van der Waals surface area (Å²) in [5, 5.41) is 22.3. The van der Waals surface area contributed by atoms with E-state index in [1.54, 1.807) is 0 Å². The Morgan fingerprint density at radius 2 is 2.12 bits per heavy atom. The SMILES string of the molecule is NC(=O)Cc1nnc(SCC2=C(C(=O)O)N3C(=O)C(NC(=O)Cc4cccs4)[C@H]3SC2)s1. The Labute approximate surface area is 198 Å². The van der Waals surface area contributed by atoms with E-state index in [1.807, 2.05) is 17.5 Å². The quantitative estimate of drug-likeness (QED) is 0.326. The van der Waals surface area contributed by atoms with E-state index in [4.69, 9.17) is 5.73 Å². The van der Waals surface area contributed by atoms with Crippen LogP contribution >= 0.6 is 46.2 Å². The van der Waals surface area contributed by atoms with E-state index in [0.29, 0.717) is 26.4 Å². The summed E-state index contributed by atoms with van der Waals surface area (Å²) < 4.78 is 0.583. The van der Waals surface area contributed by atoms with Crippen molar-refractivity contribution in [1.82, 2.24) is 20.4 Å². The third kappa shape index (κ3) is 4.82. The van der Waals surface area contributed by atoms with Crippen LogP contribution in [0.3, 0.4) is 0 Å². The molecular weight excluding hydrogens is 494 g/mol. The van der Waals surface area contributed by atoms with Gasteiger partial charge in [-0.2, -0.15) is 0 Å². The first-order valence-corrected chi connectivity index (χ1v) is 13.0. The number of carboxylic acid groups (broad SMARTS) is 1. The molecule has 4 heterocycles. The minimum Gasteiger partial charge on any atom is -0.477 e. The number of primary amides is 1. The highest BCUT2D eigenvalue weighted by atomic mass is 32.2. The fraction of sp³-hybridized carbons (Fsp3) is 0.333. The number of aromatic nitrogens is 2. The molecule has 3 amide bonds. The Morgan fingerprint density at radius 1 is 1.31 bits per heavy atom. The van der Waals surface area contributed by atoms with Crippen molar-refractivity contribution in [2.75, 3.05) is 11.5 Å². The van der Waals surface area contributed by atoms with Crippen molar-refractivity contribution in [1.29, 1.82) is 0 Å². The molecular formula is C18H17N5O5S4. The van der Waals surface area contributed by atoms with Crippen LogP contribution in [0, 0.1) is 0 Å². The van der Waals surface area contributed by atoms with E-state index in [1.165, 1.54) is 51.1 Å². The summed E-state index contributed by atoms with van der Waals surface area (Å²) >= 11 is 5.39. The number of thiophene rings is 1. The van der Waals surface area contributed by atoms with Gasteiger partial charge >= 0.3 is 5.97 Å². The molecule has 14 heteroatoms. The van der Waals surface area contributed by atoms with Gasteiger partial charge in [0.25, 0.3) is 5.91 Å². The van der Waals surface area contributed by atoms with Crippen LogP contribution in [0.2, 0.25) is 0 Å². The molecule has 0 radical (unpaired) electrons. The molecule has 0 bridgehead atoms. The summed E-state index contributed by atoms with van der Waals surface area (Å²) in [6, 6.07) is 2.96. The molecule has 2 aromatic heterocycles. The molecule has 10 nitrogen and oxygen atoms in total. The number of thioether (sulfide) groups is 2. The average molecular weight is 512 g/mol. The Morgan fingerprint density at radius 3 is 2.81 bits per heavy atom. The van der Waals surface area contributed by atoms with Gasteiger partial charge in [0.2, 0.25) is 11.8 Å². The number of hydrogen-bond donors (Lipinski definition) is 3. The maximum Gasteiger partial charge on any atom is 0.352 e. The Balaban J connectivity index is 1.41. The molecule has 4 N–H and O–H groups in total. The lowest BCUT2D eigenvalue weighted by molar-refractivity contribution is -0.150. The number of β-lactam (4-membered cyclic amide) rings is 1. The molecule has 2 aliphatic rings. The lowest BCUT2D eigenvalue weighted by Gasteiger charge is -2.49. The number of rotatable bonds is 9. The number of nitrogens with zero attached hydrogens (tertiary/aromatic N) is 3. The summed E-state index contributed by atoms with van der Waals surface area (Å²) in [7, 11) is 0. The lowest BCUT2D eigenvalue weighted by atomic mass is 10.0. The maximum absolute atomic E-state index is 12.7. The molecule has 168 valence electrons. The highest BCUT2D eigenvalue weighted by Crippen LogP contribution is 2.41. The average Bonchev–Trinajstić information content (AvgIpc) is 3.41. The number of fused-ring (bicyclic) bond motifs is 1. The second-order valence-electron chi connectivity index (χ2n) is 6.86. The van der Waals surface area contributed by atoms with Crippen LogP contribution in [0.1, 0.15) is 9.88 Å². The topological polar surface area (TPSA) is 156 Å². The van der Waals surface area contributed by atoms with Crippen molar-refractivity contribution in [3.63, 3.8) is 0 Å². The van der Waals surface area contributed by atoms with Crippen LogP contribution in [-0.2, 0) is 32.0 Å². The summed E-state index contributed by atoms with van der Waals surface area (Å²) in [5.74, 6) is -1.66. The number of aliphatic carboxylic acids is 1. The lowest BCUT2D eigenvalue weighted by Crippen LogP contribution is -2.70. The van der Waals surface area contributed by atoms with E-state index >= 15 is 0 Å². The van der Waals surface area contributed by atoms with E-state index in [0.717, 1.165) is 4.88 Å². The first-order chi connectivity index (χ1) is 15.3. The molecule has 1 saturated heterocycles. The molecule has 4 rings (SSSR count). The molecule has 2 aromatic rings. The molecule has 0 aromatic carbocycles. The summed E-state index contributed by atoms with van der Waals surface area (Å²) in [5.41, 5.74) is 5.70. The minimum absolute atomic E-state index is 0.000698. The van der Waals surface area contributed by atoms with Gasteiger partial charge in [-0.1, -0.05) is 29.2 Å². The molecule has 1 fully saturated rings. The number of carbonyl (C=O) groups is 4. The number of carbonyl (C=O) groups excluding carboxylic acids is 3. The highest BCUT2D eigenvalue weighted by Gasteiger charge is 2.54. The molecule has 1 unspecified atom stereocenters. The Hall–Kier alpha value is -2.42. The number of nitrogens with one attached hydrogen (secondary N) is 1. The molecule has 2 atom stereocenters. The molecule has 0 aliphatic carbocycles. The van der Waals surface area contributed by atoms with Gasteiger partial charge in [-0.05, 0) is 17.0 Å². The standard InChI is InChI=1S/C18H17N5O5S4/c19-10(24)5-12-21-22-18(32-12)31-7-8-6-30-16-13(15(26)23(16)14(8)17(27)28)20-11(25)4-9-2-1-3-29-9/h1-3,13,16H,4-7H2,(H2,19,24)(H,20,25)(H,27,28)/t13?,16-/m1/s1. The van der Waals surface area contributed by atoms with E-state index in [9.17, 15) is 24.3 Å². The fourth-order valence-corrected chi connectivity index (χ4v) is 7.35. The summed E-state index contributed by atoms with van der Waals surface area (Å²) in [4.78, 5) is 50.1. The van der Waals surface area contributed by atoms with Crippen LogP contribution in [0.4, 0.5) is 0 Å². The zero-order valence-electron chi connectivity index (χ0n) is 16.3. The van der Waals surface area contributed by atoms with Gasteiger partial charge in [0.1, 0.15) is 22.1 Å². The van der Waals surface area contributed by atoms with Gasteiger partial charge in [-0.15, -0.1) is 33.3 Å². The van der Waals surface area contributed by atoms with Crippen LogP contribution in [-0.4, -0.2) is 66.8 Å². The molecule has 0 saturated carbocycles. The third-order valence-electron chi connectivity index (χ3n) is 4.62. The monoisotopic (exact) mass is 511 g/mol. The van der Waals surface area contributed by atoms with Crippen molar-refractivity contribution in [2.24, 2.45) is 5.73 Å². The van der Waals surface area contributed by atoms with E-state index in [2.05, 4.69) is 15.5 Å².